The van der Waals surface area contributed by atoms with Crippen molar-refractivity contribution in [3.05, 3.63) is 65.6 Å². The first-order valence-corrected chi connectivity index (χ1v) is 9.43. The SMILES string of the molecule is C=CCn1c(SCCn2nc3ccccn3c2=O)nnc1-c1ccoc1C. The second kappa shape index (κ2) is 7.28. The molecule has 0 N–H and O–H groups in total. The zero-order valence-corrected chi connectivity index (χ0v) is 15.6. The summed E-state index contributed by atoms with van der Waals surface area (Å²) in [5.41, 5.74) is 1.40. The van der Waals surface area contributed by atoms with Crippen molar-refractivity contribution in [3.8, 4) is 11.4 Å². The van der Waals surface area contributed by atoms with Gasteiger partial charge in [-0.15, -0.1) is 21.9 Å². The maximum Gasteiger partial charge on any atom is 0.350 e. The largest absolute Gasteiger partial charge is 0.469 e. The predicted octanol–water partition coefficient (Wildman–Crippen LogP) is 2.63. The molecule has 0 spiro atoms. The van der Waals surface area contributed by atoms with Gasteiger partial charge < -0.3 is 4.42 Å². The summed E-state index contributed by atoms with van der Waals surface area (Å²) in [4.78, 5) is 12.3. The van der Waals surface area contributed by atoms with E-state index in [0.29, 0.717) is 24.5 Å². The summed E-state index contributed by atoms with van der Waals surface area (Å²) in [6, 6.07) is 7.36. The van der Waals surface area contributed by atoms with E-state index in [1.165, 1.54) is 20.8 Å². The van der Waals surface area contributed by atoms with Crippen molar-refractivity contribution in [2.75, 3.05) is 5.75 Å². The van der Waals surface area contributed by atoms with Gasteiger partial charge in [0.2, 0.25) is 0 Å². The van der Waals surface area contributed by atoms with E-state index in [1.807, 2.05) is 35.8 Å². The van der Waals surface area contributed by atoms with Gasteiger partial charge in [-0.2, -0.15) is 0 Å². The standard InChI is InChI=1S/C18H18N6O2S/c1-3-8-23-16(14-7-11-26-13(14)2)19-20-17(23)27-12-10-24-18(25)22-9-5-4-6-15(22)21-24/h3-7,9,11H,1,8,10,12H2,2H3. The molecule has 8 nitrogen and oxygen atoms in total. The van der Waals surface area contributed by atoms with Crippen molar-refractivity contribution in [1.29, 1.82) is 0 Å². The average Bonchev–Trinajstić information content (AvgIpc) is 3.35. The van der Waals surface area contributed by atoms with Crippen LogP contribution in [0.4, 0.5) is 0 Å². The minimum absolute atomic E-state index is 0.145. The van der Waals surface area contributed by atoms with Gasteiger partial charge in [0.1, 0.15) is 5.76 Å². The first-order valence-electron chi connectivity index (χ1n) is 8.44. The Bertz CT molecular complexity index is 1150. The molecule has 0 saturated carbocycles. The summed E-state index contributed by atoms with van der Waals surface area (Å²) in [5, 5.41) is 13.7. The van der Waals surface area contributed by atoms with E-state index in [1.54, 1.807) is 18.5 Å². The molecular formula is C18H18N6O2S. The van der Waals surface area contributed by atoms with Gasteiger partial charge in [-0.05, 0) is 25.1 Å². The molecule has 0 amide bonds. The van der Waals surface area contributed by atoms with Gasteiger partial charge in [0, 0.05) is 18.5 Å². The van der Waals surface area contributed by atoms with Crippen LogP contribution in [0, 0.1) is 6.92 Å². The topological polar surface area (TPSA) is 83.2 Å². The number of thioether (sulfide) groups is 1. The lowest BCUT2D eigenvalue weighted by molar-refractivity contribution is 0.534. The quantitative estimate of drug-likeness (QED) is 0.361. The number of hydrogen-bond donors (Lipinski definition) is 0. The highest BCUT2D eigenvalue weighted by molar-refractivity contribution is 7.99. The number of furan rings is 1. The van der Waals surface area contributed by atoms with Crippen LogP contribution in [0.15, 0.2) is 63.7 Å². The Morgan fingerprint density at radius 2 is 2.19 bits per heavy atom. The van der Waals surface area contributed by atoms with E-state index in [-0.39, 0.29) is 5.69 Å². The molecule has 0 aliphatic carbocycles. The Kier molecular flexibility index (Phi) is 4.68. The number of hydrogen-bond acceptors (Lipinski definition) is 6. The Balaban J connectivity index is 1.53. The van der Waals surface area contributed by atoms with E-state index >= 15 is 0 Å². The van der Waals surface area contributed by atoms with Crippen molar-refractivity contribution in [1.82, 2.24) is 28.9 Å². The lowest BCUT2D eigenvalue weighted by atomic mass is 10.2. The zero-order chi connectivity index (χ0) is 18.8. The summed E-state index contributed by atoms with van der Waals surface area (Å²) >= 11 is 1.53. The van der Waals surface area contributed by atoms with Gasteiger partial charge in [-0.3, -0.25) is 8.97 Å². The van der Waals surface area contributed by atoms with Crippen LogP contribution >= 0.6 is 11.8 Å². The Morgan fingerprint density at radius 3 is 2.93 bits per heavy atom. The third-order valence-corrected chi connectivity index (χ3v) is 5.10. The fourth-order valence-corrected chi connectivity index (χ4v) is 3.70. The molecule has 4 rings (SSSR count). The van der Waals surface area contributed by atoms with E-state index < -0.39 is 0 Å². The molecule has 0 aliphatic heterocycles. The van der Waals surface area contributed by atoms with Crippen molar-refractivity contribution in [2.24, 2.45) is 0 Å². The highest BCUT2D eigenvalue weighted by atomic mass is 32.2. The number of nitrogens with zero attached hydrogens (tertiary/aromatic N) is 6. The van der Waals surface area contributed by atoms with Gasteiger partial charge in [-0.25, -0.2) is 9.48 Å². The van der Waals surface area contributed by atoms with Crippen molar-refractivity contribution in [3.63, 3.8) is 0 Å². The van der Waals surface area contributed by atoms with E-state index in [9.17, 15) is 4.79 Å². The second-order valence-electron chi connectivity index (χ2n) is 5.88. The predicted molar refractivity (Wildman–Crippen MR) is 103 cm³/mol. The molecule has 4 heterocycles. The van der Waals surface area contributed by atoms with Crippen molar-refractivity contribution >= 4 is 17.4 Å². The number of rotatable bonds is 7. The Morgan fingerprint density at radius 1 is 1.30 bits per heavy atom. The summed E-state index contributed by atoms with van der Waals surface area (Å²) in [7, 11) is 0. The molecule has 0 saturated heterocycles. The highest BCUT2D eigenvalue weighted by Gasteiger charge is 2.17. The minimum atomic E-state index is -0.145. The van der Waals surface area contributed by atoms with Crippen LogP contribution in [0.1, 0.15) is 5.76 Å². The lowest BCUT2D eigenvalue weighted by Gasteiger charge is -2.07. The minimum Gasteiger partial charge on any atom is -0.469 e. The molecule has 9 heteroatoms. The number of aryl methyl sites for hydroxylation is 2. The summed E-state index contributed by atoms with van der Waals surface area (Å²) < 4.78 is 10.4. The van der Waals surface area contributed by atoms with Crippen LogP contribution in [-0.4, -0.2) is 34.7 Å². The third kappa shape index (κ3) is 3.21. The second-order valence-corrected chi connectivity index (χ2v) is 6.94. The lowest BCUT2D eigenvalue weighted by Crippen LogP contribution is -2.22. The van der Waals surface area contributed by atoms with Gasteiger partial charge in [-0.1, -0.05) is 23.9 Å². The van der Waals surface area contributed by atoms with E-state index in [2.05, 4.69) is 21.9 Å². The van der Waals surface area contributed by atoms with E-state index in [0.717, 1.165) is 22.3 Å². The molecule has 0 aromatic carbocycles. The van der Waals surface area contributed by atoms with Crippen molar-refractivity contribution in [2.45, 2.75) is 25.2 Å². The molecule has 0 fully saturated rings. The van der Waals surface area contributed by atoms with Crippen LogP contribution < -0.4 is 5.69 Å². The van der Waals surface area contributed by atoms with Crippen LogP contribution in [0.2, 0.25) is 0 Å². The third-order valence-electron chi connectivity index (χ3n) is 4.15. The molecule has 0 unspecified atom stereocenters. The van der Waals surface area contributed by atoms with Crippen LogP contribution in [-0.2, 0) is 13.1 Å². The maximum atomic E-state index is 12.3. The molecule has 0 atom stereocenters. The van der Waals surface area contributed by atoms with Gasteiger partial charge in [0.15, 0.2) is 16.6 Å². The van der Waals surface area contributed by atoms with Crippen LogP contribution in [0.25, 0.3) is 17.0 Å². The fraction of sp³-hybridized carbons (Fsp3) is 0.222. The highest BCUT2D eigenvalue weighted by Crippen LogP contribution is 2.27. The van der Waals surface area contributed by atoms with Gasteiger partial charge in [0.25, 0.3) is 0 Å². The van der Waals surface area contributed by atoms with E-state index in [4.69, 9.17) is 4.42 Å². The number of aromatic nitrogens is 6. The number of pyridine rings is 1. The van der Waals surface area contributed by atoms with Crippen LogP contribution in [0.3, 0.4) is 0 Å². The summed E-state index contributed by atoms with van der Waals surface area (Å²) in [6.07, 6.45) is 5.16. The monoisotopic (exact) mass is 382 g/mol. The Labute approximate surface area is 159 Å². The van der Waals surface area contributed by atoms with Crippen molar-refractivity contribution < 1.29 is 4.42 Å². The smallest absolute Gasteiger partial charge is 0.350 e. The molecule has 138 valence electrons. The normalized spacial score (nSPS) is 11.3. The van der Waals surface area contributed by atoms with Gasteiger partial charge in [0.05, 0.1) is 18.4 Å². The molecular weight excluding hydrogens is 364 g/mol. The summed E-state index contributed by atoms with van der Waals surface area (Å²) in [5.74, 6) is 2.18. The fourth-order valence-electron chi connectivity index (χ4n) is 2.84. The molecule has 0 bridgehead atoms. The average molecular weight is 382 g/mol. The maximum absolute atomic E-state index is 12.3. The molecule has 4 aromatic heterocycles. The first kappa shape index (κ1) is 17.3. The molecule has 27 heavy (non-hydrogen) atoms. The Hall–Kier alpha value is -3.07. The molecule has 4 aromatic rings. The summed E-state index contributed by atoms with van der Waals surface area (Å²) in [6.45, 7) is 6.78. The van der Waals surface area contributed by atoms with Gasteiger partial charge >= 0.3 is 5.69 Å². The van der Waals surface area contributed by atoms with Crippen LogP contribution in [0.5, 0.6) is 0 Å². The number of allylic oxidation sites excluding steroid dienone is 1. The molecule has 0 radical (unpaired) electrons. The molecule has 0 aliphatic rings. The number of fused-ring (bicyclic) bond motifs is 1. The zero-order valence-electron chi connectivity index (χ0n) is 14.8. The first-order chi connectivity index (χ1) is 13.2.